The molecule has 3 heteroatoms. The summed E-state index contributed by atoms with van der Waals surface area (Å²) in [6, 6.07) is 0. The number of hydrogen-bond acceptors (Lipinski definition) is 3. The highest BCUT2D eigenvalue weighted by Gasteiger charge is 2.59. The Morgan fingerprint density at radius 3 is 2.79 bits per heavy atom. The van der Waals surface area contributed by atoms with Gasteiger partial charge in [-0.15, -0.1) is 0 Å². The lowest BCUT2D eigenvalue weighted by molar-refractivity contribution is -0.131. The zero-order chi connectivity index (χ0) is 20.3. The molecule has 0 radical (unpaired) electrons. The maximum Gasteiger partial charge on any atom is 0.174 e. The van der Waals surface area contributed by atoms with Gasteiger partial charge in [-0.2, -0.15) is 0 Å². The molecule has 4 aliphatic rings. The first kappa shape index (κ1) is 19.7. The first-order valence-corrected chi connectivity index (χ1v) is 10.9. The van der Waals surface area contributed by atoms with Gasteiger partial charge in [-0.25, -0.2) is 0 Å². The summed E-state index contributed by atoms with van der Waals surface area (Å²) in [5.41, 5.74) is 3.00. The number of rotatable bonds is 4. The van der Waals surface area contributed by atoms with Crippen molar-refractivity contribution < 1.29 is 14.3 Å². The number of ketones is 2. The molecule has 2 unspecified atom stereocenters. The fraction of sp³-hybridized carbons (Fsp3) is 0.680. The van der Waals surface area contributed by atoms with Crippen LogP contribution in [0.25, 0.3) is 0 Å². The molecular formula is C25H34O3. The molecule has 0 heterocycles. The Bertz CT molecular complexity index is 788. The lowest BCUT2D eigenvalue weighted by atomic mass is 9.51. The normalized spacial score (nSPS) is 41.9. The van der Waals surface area contributed by atoms with Gasteiger partial charge in [-0.3, -0.25) is 9.59 Å². The number of ether oxygens (including phenoxy) is 1. The minimum atomic E-state index is 0.0190. The first-order valence-electron chi connectivity index (χ1n) is 10.9. The van der Waals surface area contributed by atoms with Crippen LogP contribution in [0.1, 0.15) is 66.2 Å². The number of carbonyl (C=O) groups excluding carboxylic acids is 2. The number of carbonyl (C=O) groups is 2. The third kappa shape index (κ3) is 2.84. The predicted molar refractivity (Wildman–Crippen MR) is 110 cm³/mol. The second-order valence-electron chi connectivity index (χ2n) is 10.2. The Morgan fingerprint density at radius 1 is 1.32 bits per heavy atom. The average molecular weight is 383 g/mol. The molecule has 0 amide bonds. The summed E-state index contributed by atoms with van der Waals surface area (Å²) in [4.78, 5) is 25.0. The molecule has 0 aliphatic heterocycles. The molecule has 4 rings (SSSR count). The third-order valence-electron chi connectivity index (χ3n) is 8.48. The van der Waals surface area contributed by atoms with Crippen LogP contribution in [0.3, 0.4) is 0 Å². The summed E-state index contributed by atoms with van der Waals surface area (Å²) < 4.78 is 5.49. The lowest BCUT2D eigenvalue weighted by Gasteiger charge is -2.53. The van der Waals surface area contributed by atoms with E-state index in [0.29, 0.717) is 35.7 Å². The zero-order valence-corrected chi connectivity index (χ0v) is 17.8. The molecule has 4 aliphatic carbocycles. The van der Waals surface area contributed by atoms with E-state index in [-0.39, 0.29) is 29.1 Å². The van der Waals surface area contributed by atoms with Crippen LogP contribution >= 0.6 is 0 Å². The van der Waals surface area contributed by atoms with Crippen molar-refractivity contribution >= 4 is 11.6 Å². The molecule has 2 saturated carbocycles. The molecule has 0 N–H and O–H groups in total. The molecule has 0 aromatic heterocycles. The van der Waals surface area contributed by atoms with E-state index < -0.39 is 0 Å². The Kier molecular flexibility index (Phi) is 4.71. The molecule has 0 aromatic carbocycles. The van der Waals surface area contributed by atoms with Crippen molar-refractivity contribution in [3.63, 3.8) is 0 Å². The first-order chi connectivity index (χ1) is 13.2. The number of hydrogen-bond donors (Lipinski definition) is 0. The van der Waals surface area contributed by atoms with Gasteiger partial charge in [-0.1, -0.05) is 44.6 Å². The van der Waals surface area contributed by atoms with Gasteiger partial charge in [0.1, 0.15) is 6.61 Å². The largest absolute Gasteiger partial charge is 0.491 e. The van der Waals surface area contributed by atoms with Crippen LogP contribution < -0.4 is 0 Å². The summed E-state index contributed by atoms with van der Waals surface area (Å²) in [6.45, 7) is 12.7. The van der Waals surface area contributed by atoms with Crippen molar-refractivity contribution in [2.24, 2.45) is 34.5 Å². The van der Waals surface area contributed by atoms with Crippen molar-refractivity contribution in [3.05, 3.63) is 35.6 Å². The van der Waals surface area contributed by atoms with E-state index in [1.54, 1.807) is 12.5 Å². The molecule has 28 heavy (non-hydrogen) atoms. The molecule has 152 valence electrons. The number of Topliss-reactive ketones (excluding diaryl/α,β-unsaturated/α-hetero) is 1. The van der Waals surface area contributed by atoms with Crippen LogP contribution in [-0.4, -0.2) is 18.2 Å². The smallest absolute Gasteiger partial charge is 0.174 e. The predicted octanol–water partition coefficient (Wildman–Crippen LogP) is 5.42. The van der Waals surface area contributed by atoms with Gasteiger partial charge in [0.2, 0.25) is 0 Å². The van der Waals surface area contributed by atoms with E-state index in [0.717, 1.165) is 32.1 Å². The zero-order valence-electron chi connectivity index (χ0n) is 17.8. The molecule has 0 saturated heterocycles. The highest BCUT2D eigenvalue weighted by atomic mass is 16.5. The maximum absolute atomic E-state index is 13.1. The standard InChI is InChI=1S/C25H34O3/c1-15(2)28-14-22(27)23-16(3)12-21-19-7-6-17-13-18(26)8-10-24(17,4)20(19)9-11-25(21,23)5/h9,13,16,19,21,23H,1,6-8,10-12,14H2,2-5H3/t16-,19?,21?,23-,24+,25+/m1/s1. The molecule has 0 spiro atoms. The Morgan fingerprint density at radius 2 is 2.07 bits per heavy atom. The summed E-state index contributed by atoms with van der Waals surface area (Å²) in [5.74, 6) is 2.70. The fourth-order valence-corrected chi connectivity index (χ4v) is 7.20. The van der Waals surface area contributed by atoms with Crippen LogP contribution in [0, 0.1) is 34.5 Å². The number of fused-ring (bicyclic) bond motifs is 5. The van der Waals surface area contributed by atoms with E-state index in [4.69, 9.17) is 4.74 Å². The van der Waals surface area contributed by atoms with E-state index >= 15 is 0 Å². The molecule has 3 nitrogen and oxygen atoms in total. The van der Waals surface area contributed by atoms with Crippen molar-refractivity contribution in [2.75, 3.05) is 6.61 Å². The van der Waals surface area contributed by atoms with Crippen LogP contribution in [0.5, 0.6) is 0 Å². The van der Waals surface area contributed by atoms with Gasteiger partial charge in [0.25, 0.3) is 0 Å². The van der Waals surface area contributed by atoms with Crippen LogP contribution in [0.2, 0.25) is 0 Å². The van der Waals surface area contributed by atoms with E-state index in [9.17, 15) is 9.59 Å². The van der Waals surface area contributed by atoms with Crippen molar-refractivity contribution in [3.8, 4) is 0 Å². The highest BCUT2D eigenvalue weighted by Crippen LogP contribution is 2.65. The molecular weight excluding hydrogens is 348 g/mol. The SMILES string of the molecule is C=C(C)OCC(=O)[C@H]1[C@H](C)CC2C3CCC4=CC(=O)CC[C@]4(C)C3=CC[C@@]21C. The van der Waals surface area contributed by atoms with Gasteiger partial charge < -0.3 is 4.74 Å². The van der Waals surface area contributed by atoms with Crippen molar-refractivity contribution in [1.29, 1.82) is 0 Å². The summed E-state index contributed by atoms with van der Waals surface area (Å²) >= 11 is 0. The van der Waals surface area contributed by atoms with Gasteiger partial charge in [0.15, 0.2) is 11.6 Å². The van der Waals surface area contributed by atoms with Gasteiger partial charge in [0.05, 0.1) is 5.76 Å². The maximum atomic E-state index is 13.1. The summed E-state index contributed by atoms with van der Waals surface area (Å²) in [7, 11) is 0. The Labute approximate surface area is 169 Å². The van der Waals surface area contributed by atoms with Crippen LogP contribution in [0.15, 0.2) is 35.6 Å². The quantitative estimate of drug-likeness (QED) is 0.482. The summed E-state index contributed by atoms with van der Waals surface area (Å²) in [5, 5.41) is 0. The topological polar surface area (TPSA) is 43.4 Å². The minimum absolute atomic E-state index is 0.0190. The fourth-order valence-electron chi connectivity index (χ4n) is 7.20. The van der Waals surface area contributed by atoms with E-state index in [1.165, 1.54) is 5.57 Å². The lowest BCUT2D eigenvalue weighted by Crippen LogP contribution is -2.46. The van der Waals surface area contributed by atoms with E-state index in [2.05, 4.69) is 33.4 Å². The van der Waals surface area contributed by atoms with Gasteiger partial charge in [0, 0.05) is 17.8 Å². The van der Waals surface area contributed by atoms with Crippen molar-refractivity contribution in [2.45, 2.75) is 66.2 Å². The highest BCUT2D eigenvalue weighted by molar-refractivity contribution is 5.92. The van der Waals surface area contributed by atoms with Crippen molar-refractivity contribution in [1.82, 2.24) is 0 Å². The second kappa shape index (κ2) is 6.71. The van der Waals surface area contributed by atoms with E-state index in [1.807, 2.05) is 6.08 Å². The molecule has 2 fully saturated rings. The minimum Gasteiger partial charge on any atom is -0.491 e. The van der Waals surface area contributed by atoms with Crippen LogP contribution in [-0.2, 0) is 14.3 Å². The Hall–Kier alpha value is -1.64. The Balaban J connectivity index is 1.65. The van der Waals surface area contributed by atoms with Crippen LogP contribution in [0.4, 0.5) is 0 Å². The third-order valence-corrected chi connectivity index (χ3v) is 8.48. The molecule has 0 aromatic rings. The monoisotopic (exact) mass is 382 g/mol. The molecule has 0 bridgehead atoms. The van der Waals surface area contributed by atoms with Gasteiger partial charge >= 0.3 is 0 Å². The van der Waals surface area contributed by atoms with Gasteiger partial charge in [-0.05, 0) is 68.3 Å². The molecule has 6 atom stereocenters. The average Bonchev–Trinajstić information content (AvgIpc) is 2.90. The summed E-state index contributed by atoms with van der Waals surface area (Å²) in [6.07, 6.45) is 10.3. The second-order valence-corrected chi connectivity index (χ2v) is 10.2. The number of allylic oxidation sites excluding steroid dienone is 5.